The molecule has 2 unspecified atom stereocenters. The fourth-order valence-corrected chi connectivity index (χ4v) is 1.78. The quantitative estimate of drug-likeness (QED) is 0.632. The van der Waals surface area contributed by atoms with Crippen LogP contribution in [0, 0.1) is 5.41 Å². The molecule has 0 spiro atoms. The van der Waals surface area contributed by atoms with Crippen molar-refractivity contribution in [2.75, 3.05) is 13.1 Å². The minimum absolute atomic E-state index is 0.00795. The molecule has 17 heavy (non-hydrogen) atoms. The van der Waals surface area contributed by atoms with E-state index >= 15 is 0 Å². The molecule has 0 rings (SSSR count). The topological polar surface area (TPSA) is 61.4 Å². The Labute approximate surface area is 105 Å². The first-order valence-corrected chi connectivity index (χ1v) is 6.42. The molecule has 4 nitrogen and oxygen atoms in total. The fraction of sp³-hybridized carbons (Fsp3) is 0.923. The fourth-order valence-electron chi connectivity index (χ4n) is 1.78. The van der Waals surface area contributed by atoms with Crippen molar-refractivity contribution in [2.45, 2.75) is 59.6 Å². The van der Waals surface area contributed by atoms with Gasteiger partial charge in [0.2, 0.25) is 5.91 Å². The molecular weight excluding hydrogens is 216 g/mol. The largest absolute Gasteiger partial charge is 0.391 e. The molecule has 0 fully saturated rings. The SMILES string of the molecule is CCNC(C)CC(=O)NCC(O)CC(C)(C)C. The van der Waals surface area contributed by atoms with Crippen LogP contribution in [0.2, 0.25) is 0 Å². The van der Waals surface area contributed by atoms with E-state index in [1.165, 1.54) is 0 Å². The van der Waals surface area contributed by atoms with Gasteiger partial charge in [-0.05, 0) is 25.3 Å². The molecule has 2 atom stereocenters. The number of nitrogens with one attached hydrogen (secondary N) is 2. The second-order valence-corrected chi connectivity index (χ2v) is 5.89. The first-order valence-electron chi connectivity index (χ1n) is 6.42. The molecule has 0 aromatic carbocycles. The Kier molecular flexibility index (Phi) is 7.39. The lowest BCUT2D eigenvalue weighted by Crippen LogP contribution is -2.38. The summed E-state index contributed by atoms with van der Waals surface area (Å²) in [5.41, 5.74) is 0.0845. The third-order valence-corrected chi connectivity index (χ3v) is 2.43. The monoisotopic (exact) mass is 244 g/mol. The zero-order valence-electron chi connectivity index (χ0n) is 11.8. The maximum Gasteiger partial charge on any atom is 0.221 e. The van der Waals surface area contributed by atoms with E-state index in [2.05, 4.69) is 31.4 Å². The van der Waals surface area contributed by atoms with Gasteiger partial charge in [-0.25, -0.2) is 0 Å². The molecule has 0 aliphatic heterocycles. The Morgan fingerprint density at radius 2 is 1.94 bits per heavy atom. The predicted molar refractivity (Wildman–Crippen MR) is 70.8 cm³/mol. The Balaban J connectivity index is 3.76. The third-order valence-electron chi connectivity index (χ3n) is 2.43. The lowest BCUT2D eigenvalue weighted by molar-refractivity contribution is -0.122. The van der Waals surface area contributed by atoms with E-state index in [-0.39, 0.29) is 17.4 Å². The van der Waals surface area contributed by atoms with E-state index in [0.717, 1.165) is 6.54 Å². The second kappa shape index (κ2) is 7.67. The van der Waals surface area contributed by atoms with Crippen molar-refractivity contribution < 1.29 is 9.90 Å². The highest BCUT2D eigenvalue weighted by Gasteiger charge is 2.17. The second-order valence-electron chi connectivity index (χ2n) is 5.89. The normalized spacial score (nSPS) is 15.4. The highest BCUT2D eigenvalue weighted by atomic mass is 16.3. The highest BCUT2D eigenvalue weighted by Crippen LogP contribution is 2.20. The molecule has 0 aromatic rings. The van der Waals surface area contributed by atoms with Crippen LogP contribution in [-0.4, -0.2) is 36.2 Å². The van der Waals surface area contributed by atoms with Crippen LogP contribution in [-0.2, 0) is 4.79 Å². The van der Waals surface area contributed by atoms with Crippen LogP contribution in [0.3, 0.4) is 0 Å². The molecule has 0 aliphatic rings. The standard InChI is InChI=1S/C13H28N2O2/c1-6-14-10(2)7-12(17)15-9-11(16)8-13(3,4)5/h10-11,14,16H,6-9H2,1-5H3,(H,15,17). The number of hydrogen-bond donors (Lipinski definition) is 3. The van der Waals surface area contributed by atoms with Gasteiger partial charge in [0.15, 0.2) is 0 Å². The highest BCUT2D eigenvalue weighted by molar-refractivity contribution is 5.76. The van der Waals surface area contributed by atoms with Crippen LogP contribution in [0.4, 0.5) is 0 Å². The number of aliphatic hydroxyl groups excluding tert-OH is 1. The van der Waals surface area contributed by atoms with Gasteiger partial charge in [0.05, 0.1) is 6.10 Å². The Morgan fingerprint density at radius 3 is 2.41 bits per heavy atom. The summed E-state index contributed by atoms with van der Waals surface area (Å²) in [4.78, 5) is 11.5. The van der Waals surface area contributed by atoms with Gasteiger partial charge >= 0.3 is 0 Å². The Bertz CT molecular complexity index is 224. The van der Waals surface area contributed by atoms with Crippen molar-refractivity contribution in [3.05, 3.63) is 0 Å². The smallest absolute Gasteiger partial charge is 0.221 e. The van der Waals surface area contributed by atoms with Crippen LogP contribution in [0.1, 0.15) is 47.5 Å². The maximum atomic E-state index is 11.5. The van der Waals surface area contributed by atoms with Gasteiger partial charge < -0.3 is 15.7 Å². The summed E-state index contributed by atoms with van der Waals surface area (Å²) in [6.07, 6.45) is 0.681. The van der Waals surface area contributed by atoms with Crippen LogP contribution >= 0.6 is 0 Å². The minimum atomic E-state index is -0.464. The molecule has 0 saturated heterocycles. The molecule has 0 bridgehead atoms. The van der Waals surface area contributed by atoms with E-state index in [9.17, 15) is 9.90 Å². The summed E-state index contributed by atoms with van der Waals surface area (Å²) in [6, 6.07) is 0.180. The number of aliphatic hydroxyl groups is 1. The van der Waals surface area contributed by atoms with Crippen LogP contribution in [0.25, 0.3) is 0 Å². The van der Waals surface area contributed by atoms with Gasteiger partial charge in [-0.1, -0.05) is 27.7 Å². The van der Waals surface area contributed by atoms with Crippen molar-refractivity contribution in [1.82, 2.24) is 10.6 Å². The van der Waals surface area contributed by atoms with Crippen molar-refractivity contribution in [3.8, 4) is 0 Å². The zero-order chi connectivity index (χ0) is 13.5. The van der Waals surface area contributed by atoms with Crippen molar-refractivity contribution in [2.24, 2.45) is 5.41 Å². The summed E-state index contributed by atoms with van der Waals surface area (Å²) >= 11 is 0. The molecule has 0 aromatic heterocycles. The number of hydrogen-bond acceptors (Lipinski definition) is 3. The molecule has 4 heteroatoms. The Hall–Kier alpha value is -0.610. The zero-order valence-corrected chi connectivity index (χ0v) is 11.8. The van der Waals surface area contributed by atoms with Gasteiger partial charge in [-0.3, -0.25) is 4.79 Å². The average molecular weight is 244 g/mol. The average Bonchev–Trinajstić information content (AvgIpc) is 2.12. The van der Waals surface area contributed by atoms with E-state index < -0.39 is 6.10 Å². The molecule has 0 heterocycles. The summed E-state index contributed by atoms with van der Waals surface area (Å²) in [5, 5.41) is 15.7. The number of rotatable bonds is 7. The van der Waals surface area contributed by atoms with Gasteiger partial charge in [-0.15, -0.1) is 0 Å². The van der Waals surface area contributed by atoms with Crippen LogP contribution in [0.15, 0.2) is 0 Å². The molecule has 0 radical (unpaired) electrons. The van der Waals surface area contributed by atoms with Crippen molar-refractivity contribution >= 4 is 5.91 Å². The van der Waals surface area contributed by atoms with Crippen molar-refractivity contribution in [1.29, 1.82) is 0 Å². The van der Waals surface area contributed by atoms with Gasteiger partial charge in [-0.2, -0.15) is 0 Å². The lowest BCUT2D eigenvalue weighted by atomic mass is 9.89. The molecule has 1 amide bonds. The minimum Gasteiger partial charge on any atom is -0.391 e. The predicted octanol–water partition coefficient (Wildman–Crippen LogP) is 1.29. The van der Waals surface area contributed by atoms with E-state index in [1.807, 2.05) is 13.8 Å². The summed E-state index contributed by atoms with van der Waals surface area (Å²) in [6.45, 7) is 11.4. The lowest BCUT2D eigenvalue weighted by Gasteiger charge is -2.22. The number of carbonyl (C=O) groups excluding carboxylic acids is 1. The molecule has 3 N–H and O–H groups in total. The van der Waals surface area contributed by atoms with Crippen molar-refractivity contribution in [3.63, 3.8) is 0 Å². The third kappa shape index (κ3) is 10.3. The Morgan fingerprint density at radius 1 is 1.35 bits per heavy atom. The molecule has 0 aliphatic carbocycles. The molecule has 102 valence electrons. The van der Waals surface area contributed by atoms with Crippen LogP contribution in [0.5, 0.6) is 0 Å². The summed E-state index contributed by atoms with van der Waals surface area (Å²) in [5.74, 6) is -0.00795. The van der Waals surface area contributed by atoms with E-state index in [4.69, 9.17) is 0 Å². The number of carbonyl (C=O) groups is 1. The first-order chi connectivity index (χ1) is 7.74. The number of amides is 1. The van der Waals surface area contributed by atoms with Gasteiger partial charge in [0, 0.05) is 19.0 Å². The summed E-state index contributed by atoms with van der Waals surface area (Å²) < 4.78 is 0. The first kappa shape index (κ1) is 16.4. The van der Waals surface area contributed by atoms with E-state index in [0.29, 0.717) is 19.4 Å². The maximum absolute atomic E-state index is 11.5. The van der Waals surface area contributed by atoms with Gasteiger partial charge in [0.25, 0.3) is 0 Å². The molecular formula is C13H28N2O2. The van der Waals surface area contributed by atoms with Crippen LogP contribution < -0.4 is 10.6 Å². The summed E-state index contributed by atoms with van der Waals surface area (Å²) in [7, 11) is 0. The van der Waals surface area contributed by atoms with E-state index in [1.54, 1.807) is 0 Å². The molecule has 0 saturated carbocycles. The van der Waals surface area contributed by atoms with Gasteiger partial charge in [0.1, 0.15) is 0 Å².